The topological polar surface area (TPSA) is 0 Å². The maximum Gasteiger partial charge on any atom is -0.0266 e. The third kappa shape index (κ3) is 4.57. The molecule has 0 aliphatic heterocycles. The summed E-state index contributed by atoms with van der Waals surface area (Å²) < 4.78 is 0. The molecular formula is C29H48. The van der Waals surface area contributed by atoms with Crippen LogP contribution in [0.4, 0.5) is 0 Å². The van der Waals surface area contributed by atoms with Crippen molar-refractivity contribution >= 4 is 0 Å². The van der Waals surface area contributed by atoms with E-state index in [1.807, 2.05) is 5.57 Å². The van der Waals surface area contributed by atoms with Gasteiger partial charge in [-0.3, -0.25) is 0 Å². The van der Waals surface area contributed by atoms with Crippen LogP contribution in [0.5, 0.6) is 0 Å². The number of rotatable bonds is 7. The summed E-state index contributed by atoms with van der Waals surface area (Å²) in [4.78, 5) is 0. The van der Waals surface area contributed by atoms with E-state index in [-0.39, 0.29) is 0 Å². The van der Waals surface area contributed by atoms with E-state index in [0.717, 1.165) is 41.4 Å². The predicted octanol–water partition coefficient (Wildman–Crippen LogP) is 8.97. The molecule has 0 saturated heterocycles. The van der Waals surface area contributed by atoms with E-state index in [9.17, 15) is 0 Å². The zero-order chi connectivity index (χ0) is 20.4. The van der Waals surface area contributed by atoms with Gasteiger partial charge in [0.25, 0.3) is 0 Å². The molecule has 4 aliphatic carbocycles. The lowest BCUT2D eigenvalue weighted by molar-refractivity contribution is -0.0105. The number of unbranched alkanes of at least 4 members (excludes halogenated alkanes) is 1. The normalized spacial score (nSPS) is 41.9. The van der Waals surface area contributed by atoms with E-state index < -0.39 is 0 Å². The molecule has 0 spiro atoms. The van der Waals surface area contributed by atoms with Crippen LogP contribution >= 0.6 is 0 Å². The fourth-order valence-corrected chi connectivity index (χ4v) is 8.48. The van der Waals surface area contributed by atoms with Gasteiger partial charge in [-0.15, -0.1) is 6.58 Å². The quantitative estimate of drug-likeness (QED) is 0.297. The van der Waals surface area contributed by atoms with Crippen LogP contribution in [0.1, 0.15) is 111 Å². The van der Waals surface area contributed by atoms with Gasteiger partial charge in [0.05, 0.1) is 0 Å². The number of hydrogen-bond acceptors (Lipinski definition) is 0. The van der Waals surface area contributed by atoms with Gasteiger partial charge in [-0.05, 0) is 117 Å². The van der Waals surface area contributed by atoms with E-state index in [1.165, 1.54) is 83.5 Å². The minimum absolute atomic E-state index is 0.664. The van der Waals surface area contributed by atoms with Crippen molar-refractivity contribution in [2.75, 3.05) is 0 Å². The maximum absolute atomic E-state index is 4.02. The van der Waals surface area contributed by atoms with Crippen LogP contribution in [-0.4, -0.2) is 0 Å². The Labute approximate surface area is 182 Å². The summed E-state index contributed by atoms with van der Waals surface area (Å²) in [5.41, 5.74) is 2.50. The lowest BCUT2D eigenvalue weighted by atomic mass is 9.55. The zero-order valence-corrected chi connectivity index (χ0v) is 19.8. The molecule has 0 aromatic heterocycles. The lowest BCUT2D eigenvalue weighted by Crippen LogP contribution is -2.43. The van der Waals surface area contributed by atoms with Crippen molar-refractivity contribution in [1.29, 1.82) is 0 Å². The van der Waals surface area contributed by atoms with E-state index in [1.54, 1.807) is 6.42 Å². The number of fused-ring (bicyclic) bond motifs is 6. The minimum atomic E-state index is 0.664. The van der Waals surface area contributed by atoms with Crippen LogP contribution in [0.2, 0.25) is 0 Å². The van der Waals surface area contributed by atoms with Crippen LogP contribution in [-0.2, 0) is 0 Å². The first kappa shape index (κ1) is 21.7. The Kier molecular flexibility index (Phi) is 6.97. The monoisotopic (exact) mass is 396 g/mol. The summed E-state index contributed by atoms with van der Waals surface area (Å²) >= 11 is 0. The van der Waals surface area contributed by atoms with Crippen LogP contribution in [0, 0.1) is 46.8 Å². The maximum atomic E-state index is 4.02. The van der Waals surface area contributed by atoms with Crippen LogP contribution < -0.4 is 0 Å². The van der Waals surface area contributed by atoms with Gasteiger partial charge in [-0.1, -0.05) is 57.8 Å². The molecule has 0 radical (unpaired) electrons. The molecule has 0 aromatic carbocycles. The summed E-state index contributed by atoms with van der Waals surface area (Å²) in [6.45, 7) is 11.5. The molecule has 4 unspecified atom stereocenters. The Hall–Kier alpha value is -0.520. The molecular weight excluding hydrogens is 348 g/mol. The molecule has 7 atom stereocenters. The molecule has 0 aromatic rings. The second-order valence-electron chi connectivity index (χ2n) is 12.2. The van der Waals surface area contributed by atoms with Crippen molar-refractivity contribution in [2.45, 2.75) is 111 Å². The molecule has 0 heteroatoms. The van der Waals surface area contributed by atoms with Gasteiger partial charge in [0, 0.05) is 0 Å². The standard InChI is InChI=1S/C29H48/c1-5-8-22-11-13-24-20-23(19-22)12-15-27-26(24)17-18-29(4)25(14-16-28(27)29)10-7-6-9-21(2)3/h5,12,21-22,24-28H,1,6-11,13-20H2,2-4H3/t22-,24+,25?,26?,27?,28?,29+/m0/s1. The van der Waals surface area contributed by atoms with Gasteiger partial charge in [0.15, 0.2) is 0 Å². The molecule has 3 saturated carbocycles. The third-order valence-corrected chi connectivity index (χ3v) is 10.1. The molecule has 2 bridgehead atoms. The van der Waals surface area contributed by atoms with Gasteiger partial charge < -0.3 is 0 Å². The average Bonchev–Trinajstić information content (AvgIpc) is 2.82. The first-order valence-electron chi connectivity index (χ1n) is 13.3. The molecule has 164 valence electrons. The highest BCUT2D eigenvalue weighted by molar-refractivity contribution is 5.14. The Morgan fingerprint density at radius 1 is 1.07 bits per heavy atom. The number of allylic oxidation sites excluding steroid dienone is 3. The highest BCUT2D eigenvalue weighted by atomic mass is 14.6. The minimum Gasteiger partial charge on any atom is -0.103 e. The molecule has 0 heterocycles. The number of hydrogen-bond donors (Lipinski definition) is 0. The highest BCUT2D eigenvalue weighted by Crippen LogP contribution is 2.63. The van der Waals surface area contributed by atoms with E-state index >= 15 is 0 Å². The van der Waals surface area contributed by atoms with Crippen molar-refractivity contribution < 1.29 is 0 Å². The fourth-order valence-electron chi connectivity index (χ4n) is 8.48. The lowest BCUT2D eigenvalue weighted by Gasteiger charge is -2.50. The van der Waals surface area contributed by atoms with E-state index in [0.29, 0.717) is 5.41 Å². The molecule has 4 rings (SSSR count). The van der Waals surface area contributed by atoms with Crippen molar-refractivity contribution in [3.63, 3.8) is 0 Å². The zero-order valence-electron chi connectivity index (χ0n) is 19.8. The van der Waals surface area contributed by atoms with Gasteiger partial charge in [0.2, 0.25) is 0 Å². The molecule has 0 N–H and O–H groups in total. The Balaban J connectivity index is 1.43. The van der Waals surface area contributed by atoms with E-state index in [2.05, 4.69) is 39.5 Å². The van der Waals surface area contributed by atoms with Crippen molar-refractivity contribution in [3.05, 3.63) is 24.3 Å². The molecule has 3 fully saturated rings. The smallest absolute Gasteiger partial charge is 0.0266 e. The van der Waals surface area contributed by atoms with Gasteiger partial charge in [-0.25, -0.2) is 0 Å². The Morgan fingerprint density at radius 2 is 1.93 bits per heavy atom. The summed E-state index contributed by atoms with van der Waals surface area (Å²) in [7, 11) is 0. The van der Waals surface area contributed by atoms with Gasteiger partial charge in [0.1, 0.15) is 0 Å². The van der Waals surface area contributed by atoms with Crippen LogP contribution in [0.15, 0.2) is 24.3 Å². The summed E-state index contributed by atoms with van der Waals surface area (Å²) in [5.74, 6) is 6.85. The predicted molar refractivity (Wildman–Crippen MR) is 127 cm³/mol. The molecule has 4 aliphatic rings. The first-order chi connectivity index (χ1) is 14.0. The van der Waals surface area contributed by atoms with Crippen LogP contribution in [0.25, 0.3) is 0 Å². The van der Waals surface area contributed by atoms with Gasteiger partial charge in [-0.2, -0.15) is 0 Å². The van der Waals surface area contributed by atoms with Crippen molar-refractivity contribution in [3.8, 4) is 0 Å². The fraction of sp³-hybridized carbons (Fsp3) is 0.862. The van der Waals surface area contributed by atoms with Crippen LogP contribution in [0.3, 0.4) is 0 Å². The SMILES string of the molecule is C=CC[C@H]1CC[C@@H]2CC(=CCC3C2CC[C@]2(C)C(CCCCC(C)C)CCC32)C1. The van der Waals surface area contributed by atoms with Crippen molar-refractivity contribution in [2.24, 2.45) is 46.8 Å². The van der Waals surface area contributed by atoms with Gasteiger partial charge >= 0.3 is 0 Å². The average molecular weight is 397 g/mol. The summed E-state index contributed by atoms with van der Waals surface area (Å²) in [5, 5.41) is 0. The second kappa shape index (κ2) is 9.32. The second-order valence-corrected chi connectivity index (χ2v) is 12.2. The molecule has 0 amide bonds. The summed E-state index contributed by atoms with van der Waals surface area (Å²) in [6, 6.07) is 0. The summed E-state index contributed by atoms with van der Waals surface area (Å²) in [6.07, 6.45) is 25.4. The first-order valence-corrected chi connectivity index (χ1v) is 13.3. The van der Waals surface area contributed by atoms with E-state index in [4.69, 9.17) is 0 Å². The Morgan fingerprint density at radius 3 is 2.72 bits per heavy atom. The third-order valence-electron chi connectivity index (χ3n) is 10.1. The molecule has 0 nitrogen and oxygen atoms in total. The van der Waals surface area contributed by atoms with Crippen molar-refractivity contribution in [1.82, 2.24) is 0 Å². The Bertz CT molecular complexity index is 583. The largest absolute Gasteiger partial charge is 0.103 e. The highest BCUT2D eigenvalue weighted by Gasteiger charge is 2.54. The molecule has 29 heavy (non-hydrogen) atoms.